The molecule has 0 saturated carbocycles. The zero-order valence-corrected chi connectivity index (χ0v) is 13.9. The van der Waals surface area contributed by atoms with Crippen LogP contribution in [0.15, 0.2) is 17.5 Å². The van der Waals surface area contributed by atoms with Gasteiger partial charge in [0.1, 0.15) is 0 Å². The molecule has 0 radical (unpaired) electrons. The number of carbonyl (C=O) groups is 1. The molecule has 0 aromatic carbocycles. The van der Waals surface area contributed by atoms with Crippen molar-refractivity contribution in [2.45, 2.75) is 45.4 Å². The second kappa shape index (κ2) is 6.71. The van der Waals surface area contributed by atoms with E-state index >= 15 is 0 Å². The predicted molar refractivity (Wildman–Crippen MR) is 89.2 cm³/mol. The van der Waals surface area contributed by atoms with Crippen molar-refractivity contribution in [2.24, 2.45) is 5.92 Å². The van der Waals surface area contributed by atoms with Crippen LogP contribution in [0.25, 0.3) is 0 Å². The highest BCUT2D eigenvalue weighted by atomic mass is 32.1. The van der Waals surface area contributed by atoms with Crippen molar-refractivity contribution in [3.05, 3.63) is 33.0 Å². The van der Waals surface area contributed by atoms with Gasteiger partial charge in [-0.1, -0.05) is 13.0 Å². The summed E-state index contributed by atoms with van der Waals surface area (Å²) >= 11 is 3.41. The molecule has 112 valence electrons. The largest absolute Gasteiger partial charge is 0.302 e. The Morgan fingerprint density at radius 2 is 2.43 bits per heavy atom. The van der Waals surface area contributed by atoms with Gasteiger partial charge < -0.3 is 5.32 Å². The molecule has 21 heavy (non-hydrogen) atoms. The summed E-state index contributed by atoms with van der Waals surface area (Å²) in [5.74, 6) is 0.831. The zero-order valence-electron chi connectivity index (χ0n) is 12.2. The summed E-state index contributed by atoms with van der Waals surface area (Å²) in [6, 6.07) is 4.18. The van der Waals surface area contributed by atoms with Crippen LogP contribution in [0.4, 0.5) is 5.13 Å². The Kier molecular flexibility index (Phi) is 4.70. The minimum Gasteiger partial charge on any atom is -0.302 e. The Balaban J connectivity index is 1.48. The molecule has 1 unspecified atom stereocenters. The fraction of sp³-hybridized carbons (Fsp3) is 0.500. The lowest BCUT2D eigenvalue weighted by Gasteiger charge is -2.15. The van der Waals surface area contributed by atoms with Crippen LogP contribution < -0.4 is 5.32 Å². The van der Waals surface area contributed by atoms with Crippen LogP contribution in [-0.4, -0.2) is 10.9 Å². The van der Waals surface area contributed by atoms with Gasteiger partial charge in [0.25, 0.3) is 0 Å². The third-order valence-electron chi connectivity index (χ3n) is 3.84. The summed E-state index contributed by atoms with van der Waals surface area (Å²) in [5.41, 5.74) is 1.20. The molecule has 0 saturated heterocycles. The third kappa shape index (κ3) is 3.92. The molecule has 5 heteroatoms. The number of hydrogen-bond acceptors (Lipinski definition) is 4. The maximum absolute atomic E-state index is 12.0. The molecule has 3 nitrogen and oxygen atoms in total. The second-order valence-corrected chi connectivity index (χ2v) is 7.83. The molecule has 3 rings (SSSR count). The number of carbonyl (C=O) groups excluding carboxylic acids is 1. The van der Waals surface area contributed by atoms with Gasteiger partial charge in [0.15, 0.2) is 5.13 Å². The van der Waals surface area contributed by atoms with Crippen LogP contribution in [-0.2, 0) is 24.1 Å². The maximum Gasteiger partial charge on any atom is 0.226 e. The van der Waals surface area contributed by atoms with Crippen molar-refractivity contribution < 1.29 is 4.79 Å². The summed E-state index contributed by atoms with van der Waals surface area (Å²) in [6.45, 7) is 2.28. The van der Waals surface area contributed by atoms with E-state index in [0.717, 1.165) is 36.7 Å². The fourth-order valence-corrected chi connectivity index (χ4v) is 4.59. The fourth-order valence-electron chi connectivity index (χ4n) is 2.65. The molecular weight excluding hydrogens is 300 g/mol. The highest BCUT2D eigenvalue weighted by Crippen LogP contribution is 2.32. The summed E-state index contributed by atoms with van der Waals surface area (Å²) in [7, 11) is 0. The Hall–Kier alpha value is -1.20. The Bertz CT molecular complexity index is 604. The average Bonchev–Trinajstić information content (AvgIpc) is 3.07. The first-order valence-corrected chi connectivity index (χ1v) is 9.21. The molecule has 0 aliphatic heterocycles. The Morgan fingerprint density at radius 3 is 3.24 bits per heavy atom. The highest BCUT2D eigenvalue weighted by molar-refractivity contribution is 7.15. The van der Waals surface area contributed by atoms with E-state index in [9.17, 15) is 4.79 Å². The van der Waals surface area contributed by atoms with Gasteiger partial charge in [0.2, 0.25) is 5.91 Å². The number of nitrogens with one attached hydrogen (secondary N) is 1. The van der Waals surface area contributed by atoms with Gasteiger partial charge in [-0.05, 0) is 49.5 Å². The molecule has 2 heterocycles. The summed E-state index contributed by atoms with van der Waals surface area (Å²) in [6.07, 6.45) is 5.83. The number of amides is 1. The van der Waals surface area contributed by atoms with Gasteiger partial charge in [0.05, 0.1) is 5.69 Å². The monoisotopic (exact) mass is 320 g/mol. The number of hydrogen-bond donors (Lipinski definition) is 1. The van der Waals surface area contributed by atoms with Crippen LogP contribution >= 0.6 is 22.7 Å². The molecule has 1 N–H and O–H groups in total. The lowest BCUT2D eigenvalue weighted by Crippen LogP contribution is -2.11. The van der Waals surface area contributed by atoms with Crippen LogP contribution in [0.1, 0.15) is 41.6 Å². The quantitative estimate of drug-likeness (QED) is 0.893. The van der Waals surface area contributed by atoms with E-state index < -0.39 is 0 Å². The normalized spacial score (nSPS) is 17.5. The molecule has 0 spiro atoms. The first-order valence-electron chi connectivity index (χ1n) is 7.51. The van der Waals surface area contributed by atoms with Gasteiger partial charge in [-0.15, -0.1) is 22.7 Å². The summed E-state index contributed by atoms with van der Waals surface area (Å²) in [5, 5.41) is 5.83. The van der Waals surface area contributed by atoms with E-state index in [1.165, 1.54) is 21.9 Å². The average molecular weight is 320 g/mol. The highest BCUT2D eigenvalue weighted by Gasteiger charge is 2.20. The smallest absolute Gasteiger partial charge is 0.226 e. The predicted octanol–water partition coefficient (Wildman–Crippen LogP) is 4.29. The van der Waals surface area contributed by atoms with E-state index in [2.05, 4.69) is 34.7 Å². The lowest BCUT2D eigenvalue weighted by atomic mass is 9.93. The van der Waals surface area contributed by atoms with E-state index in [1.54, 1.807) is 22.7 Å². The summed E-state index contributed by atoms with van der Waals surface area (Å²) in [4.78, 5) is 19.3. The first kappa shape index (κ1) is 14.7. The molecule has 1 aliphatic rings. The van der Waals surface area contributed by atoms with Crippen molar-refractivity contribution in [3.63, 3.8) is 0 Å². The van der Waals surface area contributed by atoms with Crippen molar-refractivity contribution in [3.8, 4) is 0 Å². The summed E-state index contributed by atoms with van der Waals surface area (Å²) < 4.78 is 0. The second-order valence-electron chi connectivity index (χ2n) is 5.72. The van der Waals surface area contributed by atoms with Crippen molar-refractivity contribution in [1.82, 2.24) is 4.98 Å². The third-order valence-corrected chi connectivity index (χ3v) is 5.81. The van der Waals surface area contributed by atoms with Crippen molar-refractivity contribution in [1.29, 1.82) is 0 Å². The number of rotatable bonds is 5. The minimum absolute atomic E-state index is 0.0886. The molecule has 1 amide bonds. The minimum atomic E-state index is 0.0886. The van der Waals surface area contributed by atoms with Crippen molar-refractivity contribution in [2.75, 3.05) is 5.32 Å². The standard InChI is InChI=1S/C16H20N2OS2/c1-11-7-8-13-14(10-11)21-16(17-13)18-15(19)6-2-4-12-5-3-9-20-12/h3,5,9,11H,2,4,6-8,10H2,1H3,(H,17,18,19). The number of nitrogens with zero attached hydrogens (tertiary/aromatic N) is 1. The van der Waals surface area contributed by atoms with Crippen LogP contribution in [0.5, 0.6) is 0 Å². The number of thiazole rings is 1. The lowest BCUT2D eigenvalue weighted by molar-refractivity contribution is -0.116. The number of thiophene rings is 1. The van der Waals surface area contributed by atoms with Crippen LogP contribution in [0.2, 0.25) is 0 Å². The number of anilines is 1. The van der Waals surface area contributed by atoms with Gasteiger partial charge >= 0.3 is 0 Å². The van der Waals surface area contributed by atoms with E-state index in [4.69, 9.17) is 0 Å². The van der Waals surface area contributed by atoms with Gasteiger partial charge in [-0.2, -0.15) is 0 Å². The molecule has 0 bridgehead atoms. The van der Waals surface area contributed by atoms with Crippen LogP contribution in [0.3, 0.4) is 0 Å². The Morgan fingerprint density at radius 1 is 1.52 bits per heavy atom. The molecule has 2 aromatic rings. The topological polar surface area (TPSA) is 42.0 Å². The number of aryl methyl sites for hydroxylation is 2. The van der Waals surface area contributed by atoms with Gasteiger partial charge in [-0.3, -0.25) is 4.79 Å². The zero-order chi connectivity index (χ0) is 14.7. The van der Waals surface area contributed by atoms with Crippen molar-refractivity contribution >= 4 is 33.7 Å². The first-order chi connectivity index (χ1) is 10.2. The maximum atomic E-state index is 12.0. The Labute approximate surface area is 133 Å². The molecule has 1 atom stereocenters. The van der Waals surface area contributed by atoms with Gasteiger partial charge in [-0.25, -0.2) is 4.98 Å². The number of aromatic nitrogens is 1. The van der Waals surface area contributed by atoms with Crippen LogP contribution in [0, 0.1) is 5.92 Å². The molecule has 0 fully saturated rings. The van der Waals surface area contributed by atoms with E-state index in [1.807, 2.05) is 0 Å². The van der Waals surface area contributed by atoms with E-state index in [0.29, 0.717) is 6.42 Å². The number of fused-ring (bicyclic) bond motifs is 1. The molecule has 2 aromatic heterocycles. The molecule has 1 aliphatic carbocycles. The SMILES string of the molecule is CC1CCc2nc(NC(=O)CCCc3cccs3)sc2C1. The van der Waals surface area contributed by atoms with Gasteiger partial charge in [0, 0.05) is 16.2 Å². The van der Waals surface area contributed by atoms with E-state index in [-0.39, 0.29) is 5.91 Å². The molecular formula is C16H20N2OS2.